The van der Waals surface area contributed by atoms with Crippen molar-refractivity contribution >= 4 is 17.4 Å². The van der Waals surface area contributed by atoms with E-state index in [0.29, 0.717) is 29.5 Å². The van der Waals surface area contributed by atoms with Crippen LogP contribution in [0.25, 0.3) is 0 Å². The van der Waals surface area contributed by atoms with Gasteiger partial charge < -0.3 is 5.32 Å². The monoisotopic (exact) mass is 279 g/mol. The van der Waals surface area contributed by atoms with Gasteiger partial charge in [0, 0.05) is 6.54 Å². The SMILES string of the molecule is Cc1c(Cl)nnc(NCCc2ccccc2F)c1C. The first kappa shape index (κ1) is 13.7. The molecule has 1 aromatic heterocycles. The van der Waals surface area contributed by atoms with Crippen molar-refractivity contribution in [3.05, 3.63) is 51.9 Å². The summed E-state index contributed by atoms with van der Waals surface area (Å²) in [6.07, 6.45) is 0.593. The lowest BCUT2D eigenvalue weighted by atomic mass is 10.1. The van der Waals surface area contributed by atoms with E-state index in [1.807, 2.05) is 19.9 Å². The summed E-state index contributed by atoms with van der Waals surface area (Å²) in [5.74, 6) is 0.512. The smallest absolute Gasteiger partial charge is 0.155 e. The van der Waals surface area contributed by atoms with Crippen molar-refractivity contribution in [2.45, 2.75) is 20.3 Å². The summed E-state index contributed by atoms with van der Waals surface area (Å²) in [6.45, 7) is 4.42. The first-order chi connectivity index (χ1) is 9.09. The summed E-state index contributed by atoms with van der Waals surface area (Å²) >= 11 is 5.89. The van der Waals surface area contributed by atoms with Crippen molar-refractivity contribution in [3.8, 4) is 0 Å². The molecule has 0 aliphatic carbocycles. The topological polar surface area (TPSA) is 37.8 Å². The van der Waals surface area contributed by atoms with E-state index >= 15 is 0 Å². The number of nitrogens with one attached hydrogen (secondary N) is 1. The van der Waals surface area contributed by atoms with E-state index in [-0.39, 0.29) is 5.82 Å². The van der Waals surface area contributed by atoms with Gasteiger partial charge in [0.1, 0.15) is 5.82 Å². The van der Waals surface area contributed by atoms with Gasteiger partial charge in [0.2, 0.25) is 0 Å². The summed E-state index contributed by atoms with van der Waals surface area (Å²) in [7, 11) is 0. The second-order valence-electron chi connectivity index (χ2n) is 4.36. The fourth-order valence-electron chi connectivity index (χ4n) is 1.76. The summed E-state index contributed by atoms with van der Waals surface area (Å²) < 4.78 is 13.4. The zero-order valence-electron chi connectivity index (χ0n) is 10.9. The Bertz CT molecular complexity index is 587. The van der Waals surface area contributed by atoms with Crippen molar-refractivity contribution in [3.63, 3.8) is 0 Å². The number of nitrogens with zero attached hydrogens (tertiary/aromatic N) is 2. The molecule has 0 saturated heterocycles. The third-order valence-corrected chi connectivity index (χ3v) is 3.47. The molecule has 5 heteroatoms. The predicted octanol–water partition coefficient (Wildman–Crippen LogP) is 3.54. The van der Waals surface area contributed by atoms with Crippen molar-refractivity contribution in [1.29, 1.82) is 0 Å². The van der Waals surface area contributed by atoms with E-state index < -0.39 is 0 Å². The first-order valence-electron chi connectivity index (χ1n) is 6.06. The highest BCUT2D eigenvalue weighted by Gasteiger charge is 2.08. The van der Waals surface area contributed by atoms with Crippen LogP contribution in [0.4, 0.5) is 10.2 Å². The molecule has 0 radical (unpaired) electrons. The Morgan fingerprint density at radius 1 is 1.16 bits per heavy atom. The van der Waals surface area contributed by atoms with Crippen LogP contribution in [0.2, 0.25) is 5.15 Å². The average molecular weight is 280 g/mol. The Balaban J connectivity index is 2.01. The van der Waals surface area contributed by atoms with E-state index in [0.717, 1.165) is 11.1 Å². The normalized spacial score (nSPS) is 10.5. The Morgan fingerprint density at radius 3 is 2.63 bits per heavy atom. The number of anilines is 1. The van der Waals surface area contributed by atoms with E-state index in [9.17, 15) is 4.39 Å². The van der Waals surface area contributed by atoms with E-state index in [1.54, 1.807) is 12.1 Å². The quantitative estimate of drug-likeness (QED) is 0.930. The molecule has 1 heterocycles. The van der Waals surface area contributed by atoms with Crippen LogP contribution in [0.3, 0.4) is 0 Å². The maximum atomic E-state index is 13.4. The zero-order valence-corrected chi connectivity index (χ0v) is 11.6. The van der Waals surface area contributed by atoms with Gasteiger partial charge in [-0.3, -0.25) is 0 Å². The molecule has 0 spiro atoms. The first-order valence-corrected chi connectivity index (χ1v) is 6.44. The molecule has 1 N–H and O–H groups in total. The minimum Gasteiger partial charge on any atom is -0.368 e. The van der Waals surface area contributed by atoms with Crippen LogP contribution in [0.5, 0.6) is 0 Å². The van der Waals surface area contributed by atoms with Crippen LogP contribution in [-0.2, 0) is 6.42 Å². The van der Waals surface area contributed by atoms with Gasteiger partial charge in [-0.05, 0) is 43.0 Å². The molecule has 0 fully saturated rings. The molecule has 0 aliphatic rings. The van der Waals surface area contributed by atoms with E-state index in [1.165, 1.54) is 6.07 Å². The maximum Gasteiger partial charge on any atom is 0.155 e. The van der Waals surface area contributed by atoms with Crippen LogP contribution < -0.4 is 5.32 Å². The minimum absolute atomic E-state index is 0.181. The van der Waals surface area contributed by atoms with Crippen LogP contribution in [0.1, 0.15) is 16.7 Å². The highest BCUT2D eigenvalue weighted by atomic mass is 35.5. The molecule has 1 aromatic carbocycles. The number of hydrogen-bond acceptors (Lipinski definition) is 3. The molecular weight excluding hydrogens is 265 g/mol. The molecule has 0 amide bonds. The fourth-order valence-corrected chi connectivity index (χ4v) is 1.94. The van der Waals surface area contributed by atoms with Gasteiger partial charge in [-0.2, -0.15) is 0 Å². The van der Waals surface area contributed by atoms with Gasteiger partial charge in [-0.25, -0.2) is 4.39 Å². The molecular formula is C14H15ClFN3. The lowest BCUT2D eigenvalue weighted by Crippen LogP contribution is -2.10. The van der Waals surface area contributed by atoms with Gasteiger partial charge in [-0.1, -0.05) is 29.8 Å². The molecule has 0 aliphatic heterocycles. The molecule has 19 heavy (non-hydrogen) atoms. The molecule has 0 unspecified atom stereocenters. The number of rotatable bonds is 4. The van der Waals surface area contributed by atoms with Crippen molar-refractivity contribution < 1.29 is 4.39 Å². The molecule has 0 bridgehead atoms. The van der Waals surface area contributed by atoms with E-state index in [4.69, 9.17) is 11.6 Å². The number of aromatic nitrogens is 2. The summed E-state index contributed by atoms with van der Waals surface area (Å²) in [5, 5.41) is 11.4. The van der Waals surface area contributed by atoms with Crippen LogP contribution in [0.15, 0.2) is 24.3 Å². The zero-order chi connectivity index (χ0) is 13.8. The van der Waals surface area contributed by atoms with Gasteiger partial charge in [0.05, 0.1) is 0 Å². The third kappa shape index (κ3) is 3.20. The standard InChI is InChI=1S/C14H15ClFN3/c1-9-10(2)14(19-18-13(9)15)17-8-7-11-5-3-4-6-12(11)16/h3-6H,7-8H2,1-2H3,(H,17,19). The van der Waals surface area contributed by atoms with Crippen molar-refractivity contribution in [2.24, 2.45) is 0 Å². The highest BCUT2D eigenvalue weighted by molar-refractivity contribution is 6.30. The lowest BCUT2D eigenvalue weighted by molar-refractivity contribution is 0.610. The average Bonchev–Trinajstić information content (AvgIpc) is 2.41. The number of hydrogen-bond donors (Lipinski definition) is 1. The lowest BCUT2D eigenvalue weighted by Gasteiger charge is -2.10. The molecule has 0 saturated carbocycles. The third-order valence-electron chi connectivity index (χ3n) is 3.11. The van der Waals surface area contributed by atoms with Crippen molar-refractivity contribution in [1.82, 2.24) is 10.2 Å². The van der Waals surface area contributed by atoms with Gasteiger partial charge in [-0.15, -0.1) is 10.2 Å². The largest absolute Gasteiger partial charge is 0.368 e. The highest BCUT2D eigenvalue weighted by Crippen LogP contribution is 2.20. The summed E-state index contributed by atoms with van der Waals surface area (Å²) in [6, 6.07) is 6.76. The summed E-state index contributed by atoms with van der Waals surface area (Å²) in [4.78, 5) is 0. The van der Waals surface area contributed by atoms with Gasteiger partial charge in [0.25, 0.3) is 0 Å². The Hall–Kier alpha value is -1.68. The Kier molecular flexibility index (Phi) is 4.32. The number of benzene rings is 1. The van der Waals surface area contributed by atoms with Gasteiger partial charge >= 0.3 is 0 Å². The second-order valence-corrected chi connectivity index (χ2v) is 4.72. The van der Waals surface area contributed by atoms with Gasteiger partial charge in [0.15, 0.2) is 11.0 Å². The van der Waals surface area contributed by atoms with E-state index in [2.05, 4.69) is 15.5 Å². The molecule has 2 aromatic rings. The second kappa shape index (κ2) is 5.97. The minimum atomic E-state index is -0.181. The molecule has 0 atom stereocenters. The van der Waals surface area contributed by atoms with Crippen LogP contribution >= 0.6 is 11.6 Å². The molecule has 3 nitrogen and oxygen atoms in total. The summed E-state index contributed by atoms with van der Waals surface area (Å²) in [5.41, 5.74) is 2.56. The van der Waals surface area contributed by atoms with Crippen LogP contribution in [0, 0.1) is 19.7 Å². The van der Waals surface area contributed by atoms with Crippen molar-refractivity contribution in [2.75, 3.05) is 11.9 Å². The Labute approximate surface area is 116 Å². The predicted molar refractivity (Wildman–Crippen MR) is 75.1 cm³/mol. The maximum absolute atomic E-state index is 13.4. The van der Waals surface area contributed by atoms with Crippen LogP contribution in [-0.4, -0.2) is 16.7 Å². The molecule has 100 valence electrons. The fraction of sp³-hybridized carbons (Fsp3) is 0.286. The number of halogens is 2. The Morgan fingerprint density at radius 2 is 1.89 bits per heavy atom. The molecule has 2 rings (SSSR count).